The number of nitro groups is 1. The average Bonchev–Trinajstić information content (AvgIpc) is 3.20. The normalized spacial score (nSPS) is 10.8. The van der Waals surface area contributed by atoms with Gasteiger partial charge in [0.1, 0.15) is 5.82 Å². The molecule has 1 aromatic heterocycles. The summed E-state index contributed by atoms with van der Waals surface area (Å²) in [6.45, 7) is 0. The van der Waals surface area contributed by atoms with Gasteiger partial charge in [-0.15, -0.1) is 22.0 Å². The van der Waals surface area contributed by atoms with Crippen molar-refractivity contribution in [3.05, 3.63) is 106 Å². The highest BCUT2D eigenvalue weighted by Gasteiger charge is 2.15. The Kier molecular flexibility index (Phi) is 6.46. The van der Waals surface area contributed by atoms with E-state index in [0.29, 0.717) is 11.5 Å². The summed E-state index contributed by atoms with van der Waals surface area (Å²) in [6.07, 6.45) is 0. The zero-order valence-electron chi connectivity index (χ0n) is 15.9. The second-order valence-electron chi connectivity index (χ2n) is 6.38. The van der Waals surface area contributed by atoms with Gasteiger partial charge in [0, 0.05) is 28.5 Å². The molecule has 150 valence electrons. The molecule has 6 nitrogen and oxygen atoms in total. The number of nitrogens with zero attached hydrogens (tertiary/aromatic N) is 4. The quantitative estimate of drug-likeness (QED) is 0.199. The highest BCUT2D eigenvalue weighted by molar-refractivity contribution is 7.98. The first-order chi connectivity index (χ1) is 14.7. The number of benzene rings is 3. The SMILES string of the molecule is O=[N+]([O-])c1ccc(CSc2nnc(CSc3ccccc3)n2-c2ccccc2)cc1. The van der Waals surface area contributed by atoms with Gasteiger partial charge in [-0.25, -0.2) is 0 Å². The largest absolute Gasteiger partial charge is 0.273 e. The molecule has 30 heavy (non-hydrogen) atoms. The van der Waals surface area contributed by atoms with Gasteiger partial charge < -0.3 is 0 Å². The van der Waals surface area contributed by atoms with E-state index in [4.69, 9.17) is 0 Å². The highest BCUT2D eigenvalue weighted by Crippen LogP contribution is 2.29. The first kappa shape index (κ1) is 20.2. The molecule has 0 unspecified atom stereocenters. The van der Waals surface area contributed by atoms with Gasteiger partial charge in [0.2, 0.25) is 0 Å². The average molecular weight is 435 g/mol. The summed E-state index contributed by atoms with van der Waals surface area (Å²) in [5, 5.41) is 20.5. The molecule has 0 saturated carbocycles. The minimum atomic E-state index is -0.389. The molecule has 0 amide bonds. The monoisotopic (exact) mass is 434 g/mol. The Morgan fingerprint density at radius 3 is 2.13 bits per heavy atom. The third-order valence-corrected chi connectivity index (χ3v) is 6.35. The molecule has 0 saturated heterocycles. The molecule has 0 N–H and O–H groups in total. The van der Waals surface area contributed by atoms with E-state index in [9.17, 15) is 10.1 Å². The van der Waals surface area contributed by atoms with Gasteiger partial charge in [-0.3, -0.25) is 14.7 Å². The number of hydrogen-bond donors (Lipinski definition) is 0. The molecule has 0 aliphatic carbocycles. The van der Waals surface area contributed by atoms with Crippen LogP contribution in [0.3, 0.4) is 0 Å². The van der Waals surface area contributed by atoms with E-state index in [2.05, 4.69) is 26.9 Å². The Bertz CT molecular complexity index is 1120. The van der Waals surface area contributed by atoms with Crippen LogP contribution in [0.15, 0.2) is 95.0 Å². The summed E-state index contributed by atoms with van der Waals surface area (Å²) in [5.74, 6) is 2.22. The molecular formula is C22H18N4O2S2. The van der Waals surface area contributed by atoms with Crippen molar-refractivity contribution in [2.75, 3.05) is 0 Å². The lowest BCUT2D eigenvalue weighted by atomic mass is 10.2. The maximum absolute atomic E-state index is 10.8. The van der Waals surface area contributed by atoms with Crippen molar-refractivity contribution in [2.45, 2.75) is 21.6 Å². The molecule has 1 heterocycles. The van der Waals surface area contributed by atoms with E-state index in [0.717, 1.165) is 22.2 Å². The number of rotatable bonds is 8. The van der Waals surface area contributed by atoms with E-state index >= 15 is 0 Å². The molecule has 3 aromatic carbocycles. The van der Waals surface area contributed by atoms with Crippen LogP contribution in [-0.4, -0.2) is 19.7 Å². The van der Waals surface area contributed by atoms with Crippen LogP contribution in [0.1, 0.15) is 11.4 Å². The van der Waals surface area contributed by atoms with E-state index in [1.807, 2.05) is 48.5 Å². The minimum absolute atomic E-state index is 0.0939. The van der Waals surface area contributed by atoms with Gasteiger partial charge in [0.25, 0.3) is 5.69 Å². The summed E-state index contributed by atoms with van der Waals surface area (Å²) < 4.78 is 2.08. The highest BCUT2D eigenvalue weighted by atomic mass is 32.2. The molecule has 0 aliphatic rings. The first-order valence-electron chi connectivity index (χ1n) is 9.24. The molecule has 0 spiro atoms. The van der Waals surface area contributed by atoms with E-state index in [1.54, 1.807) is 35.7 Å². The van der Waals surface area contributed by atoms with Gasteiger partial charge in [-0.2, -0.15) is 0 Å². The van der Waals surface area contributed by atoms with E-state index < -0.39 is 0 Å². The van der Waals surface area contributed by atoms with Crippen LogP contribution in [0, 0.1) is 10.1 Å². The standard InChI is InChI=1S/C22H18N4O2S2/c27-26(28)19-13-11-17(12-14-19)15-30-22-24-23-21(16-29-20-9-5-2-6-10-20)25(22)18-7-3-1-4-8-18/h1-14H,15-16H2. The molecule has 0 bridgehead atoms. The van der Waals surface area contributed by atoms with Crippen LogP contribution in [0.2, 0.25) is 0 Å². The Hall–Kier alpha value is -3.10. The predicted molar refractivity (Wildman–Crippen MR) is 120 cm³/mol. The molecular weight excluding hydrogens is 416 g/mol. The minimum Gasteiger partial charge on any atom is -0.273 e. The van der Waals surface area contributed by atoms with Crippen LogP contribution in [0.5, 0.6) is 0 Å². The Morgan fingerprint density at radius 1 is 0.800 bits per heavy atom. The van der Waals surface area contributed by atoms with Crippen molar-refractivity contribution in [1.29, 1.82) is 0 Å². The number of aromatic nitrogens is 3. The zero-order valence-corrected chi connectivity index (χ0v) is 17.6. The maximum atomic E-state index is 10.8. The Morgan fingerprint density at radius 2 is 1.47 bits per heavy atom. The summed E-state index contributed by atoms with van der Waals surface area (Å²) in [6, 6.07) is 26.9. The second-order valence-corrected chi connectivity index (χ2v) is 8.37. The van der Waals surface area contributed by atoms with Gasteiger partial charge >= 0.3 is 0 Å². The fourth-order valence-corrected chi connectivity index (χ4v) is 4.61. The topological polar surface area (TPSA) is 73.8 Å². The smallest absolute Gasteiger partial charge is 0.269 e. The molecule has 0 radical (unpaired) electrons. The number of hydrogen-bond acceptors (Lipinski definition) is 6. The fraction of sp³-hybridized carbons (Fsp3) is 0.0909. The number of nitro benzene ring substituents is 1. The zero-order chi connectivity index (χ0) is 20.8. The fourth-order valence-electron chi connectivity index (χ4n) is 2.85. The van der Waals surface area contributed by atoms with Crippen LogP contribution in [-0.2, 0) is 11.5 Å². The summed E-state index contributed by atoms with van der Waals surface area (Å²) >= 11 is 3.28. The number of para-hydroxylation sites is 1. The van der Waals surface area contributed by atoms with Gasteiger partial charge in [-0.05, 0) is 29.8 Å². The Labute approximate surface area is 182 Å². The lowest BCUT2D eigenvalue weighted by molar-refractivity contribution is -0.384. The van der Waals surface area contributed by atoms with Crippen molar-refractivity contribution in [3.63, 3.8) is 0 Å². The van der Waals surface area contributed by atoms with Gasteiger partial charge in [-0.1, -0.05) is 60.3 Å². The summed E-state index contributed by atoms with van der Waals surface area (Å²) in [4.78, 5) is 11.6. The number of thioether (sulfide) groups is 2. The molecule has 8 heteroatoms. The van der Waals surface area contributed by atoms with Crippen molar-refractivity contribution >= 4 is 29.2 Å². The van der Waals surface area contributed by atoms with E-state index in [-0.39, 0.29) is 10.6 Å². The van der Waals surface area contributed by atoms with Crippen molar-refractivity contribution in [2.24, 2.45) is 0 Å². The van der Waals surface area contributed by atoms with Crippen LogP contribution in [0.4, 0.5) is 5.69 Å². The van der Waals surface area contributed by atoms with E-state index in [1.165, 1.54) is 17.0 Å². The molecule has 0 fully saturated rings. The van der Waals surface area contributed by atoms with Crippen LogP contribution < -0.4 is 0 Å². The molecule has 0 aliphatic heterocycles. The molecule has 4 aromatic rings. The molecule has 0 atom stereocenters. The van der Waals surface area contributed by atoms with Gasteiger partial charge in [0.05, 0.1) is 10.7 Å². The van der Waals surface area contributed by atoms with Crippen LogP contribution in [0.25, 0.3) is 5.69 Å². The number of non-ortho nitro benzene ring substituents is 1. The van der Waals surface area contributed by atoms with Crippen molar-refractivity contribution in [1.82, 2.24) is 14.8 Å². The van der Waals surface area contributed by atoms with Crippen molar-refractivity contribution in [3.8, 4) is 5.69 Å². The summed E-state index contributed by atoms with van der Waals surface area (Å²) in [5.41, 5.74) is 2.10. The maximum Gasteiger partial charge on any atom is 0.269 e. The third kappa shape index (κ3) is 4.90. The third-order valence-electron chi connectivity index (χ3n) is 4.34. The van der Waals surface area contributed by atoms with Gasteiger partial charge in [0.15, 0.2) is 5.16 Å². The first-order valence-corrected chi connectivity index (χ1v) is 11.2. The lowest BCUT2D eigenvalue weighted by Crippen LogP contribution is -2.01. The Balaban J connectivity index is 1.54. The van der Waals surface area contributed by atoms with Crippen molar-refractivity contribution < 1.29 is 4.92 Å². The predicted octanol–water partition coefficient (Wildman–Crippen LogP) is 5.76. The lowest BCUT2D eigenvalue weighted by Gasteiger charge is -2.10. The second kappa shape index (κ2) is 9.60. The van der Waals surface area contributed by atoms with Crippen LogP contribution >= 0.6 is 23.5 Å². The molecule has 4 rings (SSSR count). The summed E-state index contributed by atoms with van der Waals surface area (Å²) in [7, 11) is 0.